The van der Waals surface area contributed by atoms with Crippen LogP contribution in [0.5, 0.6) is 0 Å². The van der Waals surface area contributed by atoms with Crippen molar-refractivity contribution in [2.75, 3.05) is 39.3 Å². The highest BCUT2D eigenvalue weighted by Crippen LogP contribution is 2.14. The quantitative estimate of drug-likeness (QED) is 0.384. The van der Waals surface area contributed by atoms with Crippen LogP contribution in [0.15, 0.2) is 11.9 Å². The van der Waals surface area contributed by atoms with Crippen LogP contribution >= 0.6 is 0 Å². The standard InChI is InChI=1S/C15H29N5/c1-4-5-6-15(2,3)13-20(17)12-14(16)11-19-9-7-18-8-10-19/h12,18H,4,7-11,13,16-17H2,1-3H3/b14-12-. The Morgan fingerprint density at radius 3 is 2.65 bits per heavy atom. The van der Waals surface area contributed by atoms with Crippen LogP contribution in [0.4, 0.5) is 0 Å². The van der Waals surface area contributed by atoms with Gasteiger partial charge in [0.15, 0.2) is 0 Å². The molecule has 0 aliphatic carbocycles. The van der Waals surface area contributed by atoms with E-state index in [2.05, 4.69) is 42.8 Å². The number of nitrogens with zero attached hydrogens (tertiary/aromatic N) is 2. The smallest absolute Gasteiger partial charge is 0.0496 e. The van der Waals surface area contributed by atoms with Crippen LogP contribution in [0.1, 0.15) is 27.2 Å². The zero-order valence-electron chi connectivity index (χ0n) is 13.1. The van der Waals surface area contributed by atoms with Crippen molar-refractivity contribution in [2.45, 2.75) is 27.2 Å². The topological polar surface area (TPSA) is 70.5 Å². The van der Waals surface area contributed by atoms with E-state index in [1.165, 1.54) is 0 Å². The Morgan fingerprint density at radius 2 is 2.05 bits per heavy atom. The van der Waals surface area contributed by atoms with Crippen molar-refractivity contribution in [3.8, 4) is 11.8 Å². The molecule has 0 atom stereocenters. The first-order chi connectivity index (χ1) is 9.43. The molecule has 1 aliphatic heterocycles. The number of piperazine rings is 1. The summed E-state index contributed by atoms with van der Waals surface area (Å²) < 4.78 is 0. The molecule has 5 heteroatoms. The van der Waals surface area contributed by atoms with E-state index in [1.807, 2.05) is 6.20 Å². The molecule has 0 amide bonds. The zero-order valence-corrected chi connectivity index (χ0v) is 13.1. The maximum absolute atomic E-state index is 6.07. The van der Waals surface area contributed by atoms with Gasteiger partial charge in [-0.3, -0.25) is 4.90 Å². The lowest BCUT2D eigenvalue weighted by Crippen LogP contribution is -2.45. The number of hydrazine groups is 1. The molecule has 5 nitrogen and oxygen atoms in total. The highest BCUT2D eigenvalue weighted by Gasteiger charge is 2.17. The second kappa shape index (κ2) is 8.15. The molecule has 1 rings (SSSR count). The summed E-state index contributed by atoms with van der Waals surface area (Å²) in [6.07, 6.45) is 2.70. The number of nitrogens with two attached hydrogens (primary N) is 2. The lowest BCUT2D eigenvalue weighted by atomic mass is 9.94. The molecule has 1 fully saturated rings. The molecule has 0 saturated carbocycles. The number of hydrogen-bond acceptors (Lipinski definition) is 5. The minimum Gasteiger partial charge on any atom is -0.400 e. The molecular formula is C15H29N5. The number of rotatable bonds is 5. The first-order valence-electron chi connectivity index (χ1n) is 7.33. The minimum absolute atomic E-state index is 0.128. The maximum Gasteiger partial charge on any atom is 0.0496 e. The van der Waals surface area contributed by atoms with Crippen LogP contribution in [-0.4, -0.2) is 49.2 Å². The van der Waals surface area contributed by atoms with Gasteiger partial charge in [0.05, 0.1) is 0 Å². The number of nitrogens with one attached hydrogen (secondary N) is 1. The van der Waals surface area contributed by atoms with E-state index < -0.39 is 0 Å². The lowest BCUT2D eigenvalue weighted by molar-refractivity contribution is 0.252. The van der Waals surface area contributed by atoms with E-state index >= 15 is 0 Å². The van der Waals surface area contributed by atoms with Gasteiger partial charge in [-0.1, -0.05) is 12.8 Å². The van der Waals surface area contributed by atoms with Crippen molar-refractivity contribution in [2.24, 2.45) is 17.0 Å². The Hall–Kier alpha value is -1.22. The summed E-state index contributed by atoms with van der Waals surface area (Å²) in [5, 5.41) is 4.98. The Labute approximate surface area is 123 Å². The van der Waals surface area contributed by atoms with Gasteiger partial charge >= 0.3 is 0 Å². The first-order valence-corrected chi connectivity index (χ1v) is 7.33. The Morgan fingerprint density at radius 1 is 1.40 bits per heavy atom. The van der Waals surface area contributed by atoms with Crippen molar-refractivity contribution < 1.29 is 0 Å². The van der Waals surface area contributed by atoms with Gasteiger partial charge in [-0.05, 0) is 13.8 Å². The fraction of sp³-hybridized carbons (Fsp3) is 0.733. The summed E-state index contributed by atoms with van der Waals surface area (Å²) in [4.78, 5) is 2.33. The van der Waals surface area contributed by atoms with Crippen LogP contribution < -0.4 is 16.9 Å². The molecule has 114 valence electrons. The van der Waals surface area contributed by atoms with E-state index in [4.69, 9.17) is 11.6 Å². The zero-order chi connectivity index (χ0) is 15.0. The van der Waals surface area contributed by atoms with Gasteiger partial charge in [0.2, 0.25) is 0 Å². The van der Waals surface area contributed by atoms with Crippen LogP contribution in [0, 0.1) is 17.3 Å². The predicted octanol–water partition coefficient (Wildman–Crippen LogP) is 0.307. The molecule has 0 aromatic rings. The van der Waals surface area contributed by atoms with Gasteiger partial charge in [-0.25, -0.2) is 5.84 Å². The molecule has 0 spiro atoms. The van der Waals surface area contributed by atoms with Gasteiger partial charge in [0.1, 0.15) is 0 Å². The van der Waals surface area contributed by atoms with Crippen molar-refractivity contribution in [1.29, 1.82) is 0 Å². The van der Waals surface area contributed by atoms with E-state index in [1.54, 1.807) is 5.01 Å². The van der Waals surface area contributed by atoms with Crippen molar-refractivity contribution in [3.05, 3.63) is 11.9 Å². The minimum atomic E-state index is -0.128. The van der Waals surface area contributed by atoms with E-state index in [0.717, 1.165) is 44.8 Å². The van der Waals surface area contributed by atoms with E-state index in [0.29, 0.717) is 6.54 Å². The second-order valence-electron chi connectivity index (χ2n) is 5.94. The van der Waals surface area contributed by atoms with E-state index in [9.17, 15) is 0 Å². The van der Waals surface area contributed by atoms with Gasteiger partial charge in [0.25, 0.3) is 0 Å². The van der Waals surface area contributed by atoms with E-state index in [-0.39, 0.29) is 5.41 Å². The summed E-state index contributed by atoms with van der Waals surface area (Å²) in [6.45, 7) is 11.8. The highest BCUT2D eigenvalue weighted by atomic mass is 15.4. The summed E-state index contributed by atoms with van der Waals surface area (Å²) in [5.41, 5.74) is 6.74. The molecule has 0 unspecified atom stereocenters. The third kappa shape index (κ3) is 6.80. The largest absolute Gasteiger partial charge is 0.400 e. The molecule has 0 aromatic carbocycles. The fourth-order valence-corrected chi connectivity index (χ4v) is 2.25. The molecule has 0 aromatic heterocycles. The predicted molar refractivity (Wildman–Crippen MR) is 84.3 cm³/mol. The van der Waals surface area contributed by atoms with Gasteiger partial charge in [-0.15, -0.1) is 5.92 Å². The van der Waals surface area contributed by atoms with Crippen molar-refractivity contribution in [1.82, 2.24) is 15.2 Å². The Kier molecular flexibility index (Phi) is 6.86. The van der Waals surface area contributed by atoms with Crippen LogP contribution in [0.25, 0.3) is 0 Å². The number of hydrogen-bond donors (Lipinski definition) is 3. The summed E-state index contributed by atoms with van der Waals surface area (Å²) in [5.74, 6) is 12.4. The monoisotopic (exact) mass is 279 g/mol. The average molecular weight is 279 g/mol. The highest BCUT2D eigenvalue weighted by molar-refractivity contribution is 5.10. The van der Waals surface area contributed by atoms with Crippen molar-refractivity contribution in [3.63, 3.8) is 0 Å². The third-order valence-corrected chi connectivity index (χ3v) is 3.13. The molecule has 1 saturated heterocycles. The van der Waals surface area contributed by atoms with Gasteiger partial charge < -0.3 is 16.1 Å². The Balaban J connectivity index is 2.45. The fourth-order valence-electron chi connectivity index (χ4n) is 2.25. The van der Waals surface area contributed by atoms with Crippen LogP contribution in [-0.2, 0) is 0 Å². The van der Waals surface area contributed by atoms with Crippen LogP contribution in [0.3, 0.4) is 0 Å². The molecule has 1 heterocycles. The SMILES string of the molecule is CCC#CC(C)(C)CN(N)/C=C(\N)CN1CCNCC1. The lowest BCUT2D eigenvalue weighted by Gasteiger charge is -2.28. The average Bonchev–Trinajstić information content (AvgIpc) is 2.36. The molecule has 0 radical (unpaired) electrons. The second-order valence-corrected chi connectivity index (χ2v) is 5.94. The summed E-state index contributed by atoms with van der Waals surface area (Å²) in [7, 11) is 0. The molecular weight excluding hydrogens is 250 g/mol. The molecule has 5 N–H and O–H groups in total. The summed E-state index contributed by atoms with van der Waals surface area (Å²) >= 11 is 0. The molecule has 0 bridgehead atoms. The third-order valence-electron chi connectivity index (χ3n) is 3.13. The van der Waals surface area contributed by atoms with Gasteiger partial charge in [0, 0.05) is 63.0 Å². The Bertz CT molecular complexity index is 371. The van der Waals surface area contributed by atoms with Crippen LogP contribution in [0.2, 0.25) is 0 Å². The molecule has 1 aliphatic rings. The first kappa shape index (κ1) is 16.8. The normalized spacial score (nSPS) is 17.5. The van der Waals surface area contributed by atoms with Gasteiger partial charge in [-0.2, -0.15) is 0 Å². The maximum atomic E-state index is 6.07. The molecule has 20 heavy (non-hydrogen) atoms. The van der Waals surface area contributed by atoms with Crippen molar-refractivity contribution >= 4 is 0 Å². The summed E-state index contributed by atoms with van der Waals surface area (Å²) in [6, 6.07) is 0.